The largest absolute Gasteiger partial charge is 0.491 e. The topological polar surface area (TPSA) is 70.0 Å². The Kier molecular flexibility index (Phi) is 2.12. The van der Waals surface area contributed by atoms with Gasteiger partial charge in [-0.2, -0.15) is 5.26 Å². The molecule has 0 fully saturated rings. The highest BCUT2D eigenvalue weighted by atomic mass is 16.5. The third-order valence-electron chi connectivity index (χ3n) is 1.40. The molecule has 1 rings (SSSR count). The maximum Gasteiger partial charge on any atom is 0.251 e. The van der Waals surface area contributed by atoms with Crippen LogP contribution in [0.3, 0.4) is 0 Å². The number of aromatic nitrogens is 1. The van der Waals surface area contributed by atoms with Crippen LogP contribution in [0.1, 0.15) is 25.0 Å². The summed E-state index contributed by atoms with van der Waals surface area (Å²) in [5, 5.41) is 20.4. The van der Waals surface area contributed by atoms with Gasteiger partial charge in [0.2, 0.25) is 0 Å². The molecular formula is C7H8N2O2. The molecule has 0 aromatic carbocycles. The monoisotopic (exact) mass is 152 g/mol. The van der Waals surface area contributed by atoms with Gasteiger partial charge in [-0.25, -0.2) is 0 Å². The third-order valence-corrected chi connectivity index (χ3v) is 1.40. The SMILES string of the molecule is CC(CC#N)c1cc(O)no1. The summed E-state index contributed by atoms with van der Waals surface area (Å²) < 4.78 is 4.73. The Bertz CT molecular complexity index is 274. The zero-order valence-corrected chi connectivity index (χ0v) is 6.11. The molecular weight excluding hydrogens is 144 g/mol. The van der Waals surface area contributed by atoms with E-state index in [4.69, 9.17) is 14.9 Å². The smallest absolute Gasteiger partial charge is 0.251 e. The predicted octanol–water partition coefficient (Wildman–Crippen LogP) is 1.40. The molecule has 4 nitrogen and oxygen atoms in total. The van der Waals surface area contributed by atoms with Crippen LogP contribution in [0.2, 0.25) is 0 Å². The van der Waals surface area contributed by atoms with Gasteiger partial charge in [0.1, 0.15) is 5.76 Å². The molecule has 1 aromatic heterocycles. The summed E-state index contributed by atoms with van der Waals surface area (Å²) in [5.74, 6) is 0.405. The van der Waals surface area contributed by atoms with E-state index in [0.717, 1.165) is 0 Å². The molecule has 0 saturated heterocycles. The molecule has 0 amide bonds. The Hall–Kier alpha value is -1.50. The second-order valence-electron chi connectivity index (χ2n) is 2.35. The van der Waals surface area contributed by atoms with Gasteiger partial charge in [-0.3, -0.25) is 0 Å². The van der Waals surface area contributed by atoms with E-state index < -0.39 is 0 Å². The van der Waals surface area contributed by atoms with E-state index >= 15 is 0 Å². The summed E-state index contributed by atoms with van der Waals surface area (Å²) >= 11 is 0. The minimum Gasteiger partial charge on any atom is -0.491 e. The number of nitrogens with zero attached hydrogens (tertiary/aromatic N) is 2. The molecule has 0 bridgehead atoms. The Morgan fingerprint density at radius 1 is 1.91 bits per heavy atom. The van der Waals surface area contributed by atoms with Crippen molar-refractivity contribution in [2.75, 3.05) is 0 Å². The molecule has 0 radical (unpaired) electrons. The van der Waals surface area contributed by atoms with Crippen LogP contribution in [0.25, 0.3) is 0 Å². The number of aromatic hydroxyl groups is 1. The van der Waals surface area contributed by atoms with E-state index in [2.05, 4.69) is 5.16 Å². The lowest BCUT2D eigenvalue weighted by atomic mass is 10.1. The van der Waals surface area contributed by atoms with Gasteiger partial charge in [-0.05, 0) is 5.16 Å². The average molecular weight is 152 g/mol. The zero-order valence-electron chi connectivity index (χ0n) is 6.11. The van der Waals surface area contributed by atoms with Crippen LogP contribution in [0, 0.1) is 11.3 Å². The lowest BCUT2D eigenvalue weighted by Gasteiger charge is -1.97. The minimum absolute atomic E-state index is 0.00611. The Labute approximate surface area is 64.0 Å². The van der Waals surface area contributed by atoms with E-state index in [1.165, 1.54) is 6.07 Å². The molecule has 58 valence electrons. The number of rotatable bonds is 2. The lowest BCUT2D eigenvalue weighted by molar-refractivity contribution is 0.332. The maximum atomic E-state index is 8.78. The third kappa shape index (κ3) is 1.71. The Morgan fingerprint density at radius 3 is 3.09 bits per heavy atom. The summed E-state index contributed by atoms with van der Waals surface area (Å²) in [6, 6.07) is 3.42. The van der Waals surface area contributed by atoms with Crippen LogP contribution in [0.15, 0.2) is 10.6 Å². The van der Waals surface area contributed by atoms with Crippen molar-refractivity contribution < 1.29 is 9.63 Å². The molecule has 0 aliphatic heterocycles. The first kappa shape index (κ1) is 7.61. The predicted molar refractivity (Wildman–Crippen MR) is 36.8 cm³/mol. The first-order valence-corrected chi connectivity index (χ1v) is 3.26. The highest BCUT2D eigenvalue weighted by molar-refractivity contribution is 5.13. The molecule has 1 aromatic rings. The first-order chi connectivity index (χ1) is 5.24. The van der Waals surface area contributed by atoms with Gasteiger partial charge >= 0.3 is 0 Å². The fourth-order valence-electron chi connectivity index (χ4n) is 0.749. The van der Waals surface area contributed by atoms with Gasteiger partial charge in [0.15, 0.2) is 0 Å². The van der Waals surface area contributed by atoms with E-state index in [1.54, 1.807) is 0 Å². The summed E-state index contributed by atoms with van der Waals surface area (Å²) in [6.07, 6.45) is 0.370. The molecule has 1 unspecified atom stereocenters. The molecule has 4 heteroatoms. The van der Waals surface area contributed by atoms with Crippen molar-refractivity contribution in [3.63, 3.8) is 0 Å². The summed E-state index contributed by atoms with van der Waals surface area (Å²) in [4.78, 5) is 0. The molecule has 0 spiro atoms. The highest BCUT2D eigenvalue weighted by Crippen LogP contribution is 2.21. The molecule has 0 aliphatic carbocycles. The number of hydrogen-bond donors (Lipinski definition) is 1. The van der Waals surface area contributed by atoms with Crippen LogP contribution in [-0.4, -0.2) is 10.3 Å². The van der Waals surface area contributed by atoms with E-state index in [9.17, 15) is 0 Å². The van der Waals surface area contributed by atoms with Gasteiger partial charge in [0, 0.05) is 18.4 Å². The quantitative estimate of drug-likeness (QED) is 0.695. The minimum atomic E-state index is -0.134. The maximum absolute atomic E-state index is 8.78. The summed E-state index contributed by atoms with van der Waals surface area (Å²) in [5.41, 5.74) is 0. The van der Waals surface area contributed by atoms with Crippen molar-refractivity contribution in [3.05, 3.63) is 11.8 Å². The van der Waals surface area contributed by atoms with Gasteiger partial charge in [-0.15, -0.1) is 0 Å². The van der Waals surface area contributed by atoms with E-state index in [1.807, 2.05) is 13.0 Å². The van der Waals surface area contributed by atoms with Crippen LogP contribution in [0.4, 0.5) is 0 Å². The standard InChI is InChI=1S/C7H8N2O2/c1-5(2-3-8)6-4-7(10)9-11-6/h4-5H,2H2,1H3,(H,9,10). The van der Waals surface area contributed by atoms with Gasteiger partial charge < -0.3 is 9.63 Å². The van der Waals surface area contributed by atoms with E-state index in [-0.39, 0.29) is 11.8 Å². The van der Waals surface area contributed by atoms with Crippen molar-refractivity contribution in [2.45, 2.75) is 19.3 Å². The van der Waals surface area contributed by atoms with Crippen molar-refractivity contribution in [1.82, 2.24) is 5.16 Å². The molecule has 1 heterocycles. The first-order valence-electron chi connectivity index (χ1n) is 3.26. The normalized spacial score (nSPS) is 12.4. The molecule has 0 aliphatic rings. The van der Waals surface area contributed by atoms with Crippen molar-refractivity contribution >= 4 is 0 Å². The van der Waals surface area contributed by atoms with Crippen LogP contribution < -0.4 is 0 Å². The number of nitriles is 1. The fraction of sp³-hybridized carbons (Fsp3) is 0.429. The number of hydrogen-bond acceptors (Lipinski definition) is 4. The average Bonchev–Trinajstić information content (AvgIpc) is 2.36. The zero-order chi connectivity index (χ0) is 8.27. The molecule has 11 heavy (non-hydrogen) atoms. The van der Waals surface area contributed by atoms with Crippen LogP contribution in [-0.2, 0) is 0 Å². The van der Waals surface area contributed by atoms with Gasteiger partial charge in [0.05, 0.1) is 6.07 Å². The summed E-state index contributed by atoms with van der Waals surface area (Å²) in [7, 11) is 0. The molecule has 0 saturated carbocycles. The molecule has 1 N–H and O–H groups in total. The van der Waals surface area contributed by atoms with Crippen LogP contribution >= 0.6 is 0 Å². The van der Waals surface area contributed by atoms with Gasteiger partial charge in [0.25, 0.3) is 5.88 Å². The molecule has 1 atom stereocenters. The van der Waals surface area contributed by atoms with Crippen molar-refractivity contribution in [2.24, 2.45) is 0 Å². The lowest BCUT2D eigenvalue weighted by Crippen LogP contribution is -1.87. The second kappa shape index (κ2) is 3.06. The fourth-order valence-corrected chi connectivity index (χ4v) is 0.749. The van der Waals surface area contributed by atoms with Crippen LogP contribution in [0.5, 0.6) is 5.88 Å². The van der Waals surface area contributed by atoms with E-state index in [0.29, 0.717) is 12.2 Å². The summed E-state index contributed by atoms with van der Waals surface area (Å²) in [6.45, 7) is 1.84. The Morgan fingerprint density at radius 2 is 2.64 bits per heavy atom. The van der Waals surface area contributed by atoms with Crippen molar-refractivity contribution in [1.29, 1.82) is 5.26 Å². The van der Waals surface area contributed by atoms with Gasteiger partial charge in [-0.1, -0.05) is 6.92 Å². The Balaban J connectivity index is 2.70. The van der Waals surface area contributed by atoms with Crippen molar-refractivity contribution in [3.8, 4) is 11.9 Å². The second-order valence-corrected chi connectivity index (χ2v) is 2.35. The highest BCUT2D eigenvalue weighted by Gasteiger charge is 2.10.